The van der Waals surface area contributed by atoms with Gasteiger partial charge in [-0.05, 0) is 44.4 Å². The van der Waals surface area contributed by atoms with E-state index in [1.54, 1.807) is 4.52 Å². The molecule has 31 heavy (non-hydrogen) atoms. The van der Waals surface area contributed by atoms with Crippen LogP contribution in [0.2, 0.25) is 0 Å². The summed E-state index contributed by atoms with van der Waals surface area (Å²) < 4.78 is 7.66. The van der Waals surface area contributed by atoms with Gasteiger partial charge in [0.2, 0.25) is 5.69 Å². The number of hydrogen-bond acceptors (Lipinski definition) is 4. The van der Waals surface area contributed by atoms with Gasteiger partial charge in [0.15, 0.2) is 11.5 Å². The predicted molar refractivity (Wildman–Crippen MR) is 121 cm³/mol. The first-order chi connectivity index (χ1) is 14.8. The van der Waals surface area contributed by atoms with E-state index in [0.29, 0.717) is 22.7 Å². The Labute approximate surface area is 182 Å². The maximum atomic E-state index is 13.4. The van der Waals surface area contributed by atoms with E-state index < -0.39 is 5.97 Å². The Morgan fingerprint density at radius 3 is 2.35 bits per heavy atom. The Balaban J connectivity index is 1.83. The normalized spacial score (nSPS) is 23.5. The third-order valence-corrected chi connectivity index (χ3v) is 6.24. The van der Waals surface area contributed by atoms with Gasteiger partial charge in [-0.2, -0.15) is 0 Å². The summed E-state index contributed by atoms with van der Waals surface area (Å²) in [5.74, 6) is 1.23. The Morgan fingerprint density at radius 1 is 1.13 bits per heavy atom. The van der Waals surface area contributed by atoms with Gasteiger partial charge in [0.05, 0.1) is 11.9 Å². The molecule has 0 radical (unpaired) electrons. The van der Waals surface area contributed by atoms with Crippen LogP contribution >= 0.6 is 0 Å². The van der Waals surface area contributed by atoms with Crippen molar-refractivity contribution in [1.82, 2.24) is 14.6 Å². The number of rotatable bonds is 3. The molecule has 160 valence electrons. The molecule has 2 heterocycles. The van der Waals surface area contributed by atoms with E-state index in [9.17, 15) is 4.79 Å². The molecule has 1 aliphatic carbocycles. The van der Waals surface area contributed by atoms with E-state index in [0.717, 1.165) is 24.0 Å². The molecule has 1 saturated carbocycles. The Morgan fingerprint density at radius 2 is 1.77 bits per heavy atom. The van der Waals surface area contributed by atoms with Crippen LogP contribution < -0.4 is 5.35 Å². The minimum atomic E-state index is -0.478. The number of hydrogen-bond donors (Lipinski definition) is 0. The molecule has 2 atom stereocenters. The van der Waals surface area contributed by atoms with E-state index >= 15 is 0 Å². The molecular weight excluding hydrogens is 388 g/mol. The highest BCUT2D eigenvalue weighted by atomic mass is 16.5. The standard InChI is InChI=1S/C25H28N4O2/c1-14(2)21-20(26-6)19(25(30)31-22-16(4)12-15(3)13-17(22)5)24-27-23(28-29(21)24)18-10-8-7-9-11-18/h7-11,15-17,22H,12-13H2,1-5H3. The van der Waals surface area contributed by atoms with Crippen molar-refractivity contribution >= 4 is 22.9 Å². The fourth-order valence-corrected chi connectivity index (χ4v) is 5.02. The summed E-state index contributed by atoms with van der Waals surface area (Å²) >= 11 is 0. The molecule has 2 unspecified atom stereocenters. The summed E-state index contributed by atoms with van der Waals surface area (Å²) in [5.41, 5.74) is 2.63. The number of aromatic nitrogens is 3. The molecule has 1 fully saturated rings. The maximum absolute atomic E-state index is 13.4. The summed E-state index contributed by atoms with van der Waals surface area (Å²) in [6.45, 7) is 18.1. The lowest BCUT2D eigenvalue weighted by Crippen LogP contribution is -2.37. The van der Waals surface area contributed by atoms with Crippen molar-refractivity contribution in [3.8, 4) is 11.4 Å². The lowest BCUT2D eigenvalue weighted by atomic mass is 9.75. The van der Waals surface area contributed by atoms with Gasteiger partial charge in [0.25, 0.3) is 0 Å². The highest BCUT2D eigenvalue weighted by molar-refractivity contribution is 6.03. The average Bonchev–Trinajstić information content (AvgIpc) is 3.27. The quantitative estimate of drug-likeness (QED) is 0.441. The molecule has 0 N–H and O–H groups in total. The largest absolute Gasteiger partial charge is 0.459 e. The van der Waals surface area contributed by atoms with E-state index in [-0.39, 0.29) is 29.2 Å². The number of esters is 1. The SMILES string of the molecule is [C-]#[N+]c1c(C(=O)OC2C(C)CC(C)CC2C)c2nc(-c3ccccc3)nn2c1=C(C)C. The molecule has 0 saturated heterocycles. The molecule has 4 rings (SSSR count). The van der Waals surface area contributed by atoms with Crippen LogP contribution in [-0.4, -0.2) is 26.7 Å². The van der Waals surface area contributed by atoms with Gasteiger partial charge in [-0.3, -0.25) is 0 Å². The molecule has 0 aliphatic heterocycles. The van der Waals surface area contributed by atoms with Crippen LogP contribution in [0, 0.1) is 24.3 Å². The first-order valence-electron chi connectivity index (χ1n) is 10.9. The predicted octanol–water partition coefficient (Wildman–Crippen LogP) is 5.08. The number of ether oxygens (including phenoxy) is 1. The second-order valence-electron chi connectivity index (χ2n) is 9.12. The van der Waals surface area contributed by atoms with Gasteiger partial charge in [-0.15, -0.1) is 5.10 Å². The first kappa shape index (κ1) is 21.0. The maximum Gasteiger partial charge on any atom is 0.331 e. The van der Waals surface area contributed by atoms with E-state index in [2.05, 4.69) is 35.7 Å². The molecule has 6 heteroatoms. The van der Waals surface area contributed by atoms with Crippen molar-refractivity contribution in [3.05, 3.63) is 52.7 Å². The Kier molecular flexibility index (Phi) is 5.53. The van der Waals surface area contributed by atoms with Crippen molar-refractivity contribution in [3.63, 3.8) is 0 Å². The van der Waals surface area contributed by atoms with Crippen LogP contribution in [0.25, 0.3) is 27.5 Å². The van der Waals surface area contributed by atoms with Gasteiger partial charge >= 0.3 is 5.97 Å². The molecule has 1 aliphatic rings. The van der Waals surface area contributed by atoms with Crippen molar-refractivity contribution in [1.29, 1.82) is 0 Å². The lowest BCUT2D eigenvalue weighted by molar-refractivity contribution is -0.0249. The zero-order chi connectivity index (χ0) is 22.3. The van der Waals surface area contributed by atoms with Gasteiger partial charge in [-0.1, -0.05) is 56.7 Å². The van der Waals surface area contributed by atoms with Crippen LogP contribution in [0.4, 0.5) is 5.69 Å². The minimum Gasteiger partial charge on any atom is -0.459 e. The van der Waals surface area contributed by atoms with Crippen molar-refractivity contribution in [2.45, 2.75) is 53.6 Å². The number of carbonyl (C=O) groups is 1. The monoisotopic (exact) mass is 416 g/mol. The Bertz CT molecular complexity index is 1210. The summed E-state index contributed by atoms with van der Waals surface area (Å²) in [5, 5.41) is 5.25. The molecule has 0 spiro atoms. The van der Waals surface area contributed by atoms with Crippen LogP contribution in [-0.2, 0) is 4.74 Å². The number of carbonyl (C=O) groups excluding carboxylic acids is 1. The van der Waals surface area contributed by atoms with E-state index in [4.69, 9.17) is 11.3 Å². The highest BCUT2D eigenvalue weighted by Gasteiger charge is 2.36. The highest BCUT2D eigenvalue weighted by Crippen LogP contribution is 2.36. The van der Waals surface area contributed by atoms with Gasteiger partial charge in [0, 0.05) is 5.56 Å². The van der Waals surface area contributed by atoms with Crippen molar-refractivity contribution in [2.75, 3.05) is 0 Å². The third-order valence-electron chi connectivity index (χ3n) is 6.24. The van der Waals surface area contributed by atoms with E-state index in [1.165, 1.54) is 0 Å². The first-order valence-corrected chi connectivity index (χ1v) is 10.9. The third kappa shape index (κ3) is 3.69. The molecule has 0 amide bonds. The van der Waals surface area contributed by atoms with Crippen molar-refractivity contribution in [2.24, 2.45) is 17.8 Å². The van der Waals surface area contributed by atoms with Crippen molar-refractivity contribution < 1.29 is 9.53 Å². The van der Waals surface area contributed by atoms with Gasteiger partial charge in [0.1, 0.15) is 11.7 Å². The number of benzene rings is 1. The topological polar surface area (TPSA) is 60.8 Å². The van der Waals surface area contributed by atoms with Crippen LogP contribution in [0.15, 0.2) is 30.3 Å². The molecular formula is C25H28N4O2. The molecule has 2 aromatic heterocycles. The van der Waals surface area contributed by atoms with Crippen LogP contribution in [0.3, 0.4) is 0 Å². The second kappa shape index (κ2) is 8.14. The Hall–Kier alpha value is -3.20. The zero-order valence-corrected chi connectivity index (χ0v) is 18.7. The minimum absolute atomic E-state index is 0.163. The molecule has 1 aromatic carbocycles. The fourth-order valence-electron chi connectivity index (χ4n) is 5.02. The average molecular weight is 417 g/mol. The van der Waals surface area contributed by atoms with Gasteiger partial charge in [-0.25, -0.2) is 19.1 Å². The summed E-state index contributed by atoms with van der Waals surface area (Å²) in [6.07, 6.45) is 1.90. The van der Waals surface area contributed by atoms with Crippen LogP contribution in [0.1, 0.15) is 57.8 Å². The fraction of sp³-hybridized carbons (Fsp3) is 0.440. The summed E-state index contributed by atoms with van der Waals surface area (Å²) in [4.78, 5) is 21.8. The summed E-state index contributed by atoms with van der Waals surface area (Å²) in [7, 11) is 0. The lowest BCUT2D eigenvalue weighted by Gasteiger charge is -2.37. The summed E-state index contributed by atoms with van der Waals surface area (Å²) in [6, 6.07) is 9.63. The molecule has 6 nitrogen and oxygen atoms in total. The molecule has 0 bridgehead atoms. The molecule has 3 aromatic rings. The zero-order valence-electron chi connectivity index (χ0n) is 18.7. The second-order valence-corrected chi connectivity index (χ2v) is 9.12. The van der Waals surface area contributed by atoms with E-state index in [1.807, 2.05) is 44.2 Å². The number of fused-ring (bicyclic) bond motifs is 1. The van der Waals surface area contributed by atoms with Crippen LogP contribution in [0.5, 0.6) is 0 Å². The number of nitrogens with zero attached hydrogens (tertiary/aromatic N) is 4. The van der Waals surface area contributed by atoms with Gasteiger partial charge < -0.3 is 4.74 Å². The smallest absolute Gasteiger partial charge is 0.331 e.